The quantitative estimate of drug-likeness (QED) is 0.696. The van der Waals surface area contributed by atoms with E-state index in [2.05, 4.69) is 25.9 Å². The van der Waals surface area contributed by atoms with E-state index in [9.17, 15) is 18.0 Å². The number of benzene rings is 2. The molecule has 0 saturated heterocycles. The maximum Gasteiger partial charge on any atom is 0.420 e. The molecule has 0 aliphatic heterocycles. The van der Waals surface area contributed by atoms with Gasteiger partial charge in [-0.15, -0.1) is 0 Å². The van der Waals surface area contributed by atoms with Crippen molar-refractivity contribution >= 4 is 26.8 Å². The summed E-state index contributed by atoms with van der Waals surface area (Å²) in [5, 5.41) is 0.366. The third-order valence-corrected chi connectivity index (χ3v) is 4.03. The van der Waals surface area contributed by atoms with Crippen LogP contribution in [0.4, 0.5) is 13.2 Å². The van der Waals surface area contributed by atoms with Crippen LogP contribution in [0.15, 0.2) is 45.7 Å². The smallest absolute Gasteiger partial charge is 0.420 e. The number of methoxy groups -OCH3 is 1. The van der Waals surface area contributed by atoms with E-state index < -0.39 is 17.3 Å². The van der Waals surface area contributed by atoms with Gasteiger partial charge in [0.15, 0.2) is 0 Å². The van der Waals surface area contributed by atoms with Gasteiger partial charge in [-0.25, -0.2) is 4.98 Å². The highest BCUT2D eigenvalue weighted by Gasteiger charge is 2.36. The molecular weight excluding hydrogens is 389 g/mol. The lowest BCUT2D eigenvalue weighted by Gasteiger charge is -2.15. The minimum absolute atomic E-state index is 0.0487. The van der Waals surface area contributed by atoms with Crippen molar-refractivity contribution in [1.29, 1.82) is 0 Å². The zero-order chi connectivity index (χ0) is 17.5. The van der Waals surface area contributed by atoms with Crippen molar-refractivity contribution in [2.75, 3.05) is 7.11 Å². The average molecular weight is 399 g/mol. The molecule has 0 aliphatic carbocycles. The Kier molecular flexibility index (Phi) is 4.08. The fraction of sp³-hybridized carbons (Fsp3) is 0.125. The molecule has 0 unspecified atom stereocenters. The predicted octanol–water partition coefficient (Wildman–Crippen LogP) is 4.38. The molecule has 3 rings (SSSR count). The highest BCUT2D eigenvalue weighted by atomic mass is 79.9. The molecule has 0 saturated carbocycles. The summed E-state index contributed by atoms with van der Waals surface area (Å²) in [4.78, 5) is 18.9. The molecule has 8 heteroatoms. The molecule has 3 aromatic rings. The van der Waals surface area contributed by atoms with Gasteiger partial charge >= 0.3 is 6.18 Å². The Hall–Kier alpha value is -2.35. The molecule has 1 aromatic heterocycles. The van der Waals surface area contributed by atoms with Crippen LogP contribution in [0.25, 0.3) is 22.3 Å². The fourth-order valence-corrected chi connectivity index (χ4v) is 2.99. The summed E-state index contributed by atoms with van der Waals surface area (Å²) in [5.41, 5.74) is -0.851. The van der Waals surface area contributed by atoms with Crippen molar-refractivity contribution in [2.24, 2.45) is 0 Å². The third kappa shape index (κ3) is 2.89. The first kappa shape index (κ1) is 16.5. The van der Waals surface area contributed by atoms with Crippen molar-refractivity contribution < 1.29 is 17.9 Å². The van der Waals surface area contributed by atoms with E-state index in [0.717, 1.165) is 13.2 Å². The SMILES string of the molecule is COc1c(Br)cc(-c2nc3ccccc3c(=O)[nH]2)cc1C(F)(F)F. The summed E-state index contributed by atoms with van der Waals surface area (Å²) in [6.07, 6.45) is -4.61. The molecule has 0 radical (unpaired) electrons. The molecule has 0 amide bonds. The highest BCUT2D eigenvalue weighted by molar-refractivity contribution is 9.10. The van der Waals surface area contributed by atoms with E-state index in [1.54, 1.807) is 24.3 Å². The largest absolute Gasteiger partial charge is 0.495 e. The fourth-order valence-electron chi connectivity index (χ4n) is 2.37. The van der Waals surface area contributed by atoms with Gasteiger partial charge in [0.05, 0.1) is 28.0 Å². The molecule has 0 spiro atoms. The monoisotopic (exact) mass is 398 g/mol. The first-order valence-electron chi connectivity index (χ1n) is 6.75. The Labute approximate surface area is 142 Å². The molecular formula is C16H10BrF3N2O2. The summed E-state index contributed by atoms with van der Waals surface area (Å²) in [7, 11) is 1.16. The first-order valence-corrected chi connectivity index (χ1v) is 7.54. The van der Waals surface area contributed by atoms with Crippen LogP contribution in [0, 0.1) is 0 Å². The lowest BCUT2D eigenvalue weighted by molar-refractivity contribution is -0.138. The van der Waals surface area contributed by atoms with Crippen LogP contribution in [0.2, 0.25) is 0 Å². The van der Waals surface area contributed by atoms with Crippen LogP contribution in [0.1, 0.15) is 5.56 Å². The Bertz CT molecular complexity index is 983. The van der Waals surface area contributed by atoms with Gasteiger partial charge in [-0.3, -0.25) is 4.79 Å². The average Bonchev–Trinajstić information content (AvgIpc) is 2.53. The van der Waals surface area contributed by atoms with Gasteiger partial charge < -0.3 is 9.72 Å². The van der Waals surface area contributed by atoms with Crippen LogP contribution in [-0.4, -0.2) is 17.1 Å². The number of para-hydroxylation sites is 1. The summed E-state index contributed by atoms with van der Waals surface area (Å²) in [6.45, 7) is 0. The van der Waals surface area contributed by atoms with E-state index in [4.69, 9.17) is 4.74 Å². The normalized spacial score (nSPS) is 11.7. The Morgan fingerprint density at radius 1 is 1.21 bits per heavy atom. The van der Waals surface area contributed by atoms with Gasteiger partial charge in [0.2, 0.25) is 0 Å². The minimum Gasteiger partial charge on any atom is -0.495 e. The molecule has 1 N–H and O–H groups in total. The molecule has 24 heavy (non-hydrogen) atoms. The number of alkyl halides is 3. The molecule has 0 fully saturated rings. The van der Waals surface area contributed by atoms with Crippen LogP contribution in [0.3, 0.4) is 0 Å². The zero-order valence-corrected chi connectivity index (χ0v) is 13.8. The second-order valence-corrected chi connectivity index (χ2v) is 5.82. The summed E-state index contributed by atoms with van der Waals surface area (Å²) in [6, 6.07) is 8.92. The lowest BCUT2D eigenvalue weighted by atomic mass is 10.1. The molecule has 1 heterocycles. The van der Waals surface area contributed by atoms with Crippen LogP contribution in [-0.2, 0) is 6.18 Å². The number of H-pyrrole nitrogens is 1. The minimum atomic E-state index is -4.61. The van der Waals surface area contributed by atoms with Gasteiger partial charge in [0, 0.05) is 5.56 Å². The number of hydrogen-bond acceptors (Lipinski definition) is 3. The van der Waals surface area contributed by atoms with Gasteiger partial charge in [0.1, 0.15) is 11.6 Å². The Balaban J connectivity index is 2.27. The van der Waals surface area contributed by atoms with Crippen molar-refractivity contribution in [3.05, 3.63) is 56.8 Å². The maximum atomic E-state index is 13.3. The second kappa shape index (κ2) is 5.94. The van der Waals surface area contributed by atoms with Crippen molar-refractivity contribution in [2.45, 2.75) is 6.18 Å². The van der Waals surface area contributed by atoms with E-state index in [-0.39, 0.29) is 21.6 Å². The number of aromatic amines is 1. The Morgan fingerprint density at radius 2 is 1.92 bits per heavy atom. The van der Waals surface area contributed by atoms with Gasteiger partial charge in [-0.1, -0.05) is 12.1 Å². The number of fused-ring (bicyclic) bond motifs is 1. The topological polar surface area (TPSA) is 55.0 Å². The van der Waals surface area contributed by atoms with Gasteiger partial charge in [0.25, 0.3) is 5.56 Å². The number of nitrogens with zero attached hydrogens (tertiary/aromatic N) is 1. The number of ether oxygens (including phenoxy) is 1. The highest BCUT2D eigenvalue weighted by Crippen LogP contribution is 2.42. The van der Waals surface area contributed by atoms with Crippen molar-refractivity contribution in [3.8, 4) is 17.1 Å². The van der Waals surface area contributed by atoms with E-state index in [1.165, 1.54) is 6.07 Å². The predicted molar refractivity (Wildman–Crippen MR) is 87.1 cm³/mol. The van der Waals surface area contributed by atoms with Crippen LogP contribution in [0.5, 0.6) is 5.75 Å². The van der Waals surface area contributed by atoms with E-state index in [1.807, 2.05) is 0 Å². The summed E-state index contributed by atoms with van der Waals surface area (Å²) >= 11 is 3.07. The first-order chi connectivity index (χ1) is 11.3. The van der Waals surface area contributed by atoms with Crippen molar-refractivity contribution in [1.82, 2.24) is 9.97 Å². The van der Waals surface area contributed by atoms with Crippen molar-refractivity contribution in [3.63, 3.8) is 0 Å². The molecule has 0 atom stereocenters. The number of hydrogen-bond donors (Lipinski definition) is 1. The molecule has 2 aromatic carbocycles. The zero-order valence-electron chi connectivity index (χ0n) is 12.2. The van der Waals surface area contributed by atoms with E-state index in [0.29, 0.717) is 10.9 Å². The van der Waals surface area contributed by atoms with E-state index >= 15 is 0 Å². The molecule has 0 aliphatic rings. The standard InChI is InChI=1S/C16H10BrF3N2O2/c1-24-13-10(16(18,19)20)6-8(7-11(13)17)14-21-12-5-3-2-4-9(12)15(23)22-14/h2-7H,1H3,(H,21,22,23). The second-order valence-electron chi connectivity index (χ2n) is 4.97. The summed E-state index contributed by atoms with van der Waals surface area (Å²) in [5.74, 6) is -0.276. The van der Waals surface area contributed by atoms with Crippen LogP contribution >= 0.6 is 15.9 Å². The number of aromatic nitrogens is 2. The molecule has 124 valence electrons. The maximum absolute atomic E-state index is 13.3. The Morgan fingerprint density at radius 3 is 2.58 bits per heavy atom. The van der Waals surface area contributed by atoms with Gasteiger partial charge in [-0.05, 0) is 40.2 Å². The van der Waals surface area contributed by atoms with Gasteiger partial charge in [-0.2, -0.15) is 13.2 Å². The number of halogens is 4. The molecule has 4 nitrogen and oxygen atoms in total. The number of nitrogens with one attached hydrogen (secondary N) is 1. The summed E-state index contributed by atoms with van der Waals surface area (Å²) < 4.78 is 44.7. The lowest BCUT2D eigenvalue weighted by Crippen LogP contribution is -2.11. The third-order valence-electron chi connectivity index (χ3n) is 3.44. The van der Waals surface area contributed by atoms with Crippen LogP contribution < -0.4 is 10.3 Å². The number of rotatable bonds is 2. The molecule has 0 bridgehead atoms.